The third-order valence-electron chi connectivity index (χ3n) is 5.26. The first-order valence-corrected chi connectivity index (χ1v) is 10.5. The van der Waals surface area contributed by atoms with Crippen molar-refractivity contribution in [2.45, 2.75) is 55.2 Å². The summed E-state index contributed by atoms with van der Waals surface area (Å²) >= 11 is 1.32. The number of ether oxygens (including phenoxy) is 1. The lowest BCUT2D eigenvalue weighted by Gasteiger charge is -2.33. The summed E-state index contributed by atoms with van der Waals surface area (Å²) in [6, 6.07) is 8.71. The standard InChI is InChI=1S/C20H25N3O5S/c1-13-8-10-20(11-9-13)18(26)23(19(27)21-20)22-16(24)12-28-17(25)14(2)29-15-6-4-3-5-7-15/h3-7,13-14H,8-12H2,1-2H3,(H,21,27)(H,22,24)/t13?,14-,20?/m1/s1. The first-order chi connectivity index (χ1) is 13.8. The lowest BCUT2D eigenvalue weighted by molar-refractivity contribution is -0.150. The number of nitrogens with one attached hydrogen (secondary N) is 2. The molecule has 1 aliphatic carbocycles. The van der Waals surface area contributed by atoms with Crippen LogP contribution in [-0.2, 0) is 19.1 Å². The molecular weight excluding hydrogens is 394 g/mol. The predicted octanol–water partition coefficient (Wildman–Crippen LogP) is 2.24. The first-order valence-electron chi connectivity index (χ1n) is 9.65. The molecule has 0 aromatic heterocycles. The van der Waals surface area contributed by atoms with Crippen LogP contribution in [-0.4, -0.2) is 46.2 Å². The number of amides is 4. The molecule has 0 bridgehead atoms. The van der Waals surface area contributed by atoms with Gasteiger partial charge >= 0.3 is 12.0 Å². The van der Waals surface area contributed by atoms with Gasteiger partial charge in [0.2, 0.25) is 0 Å². The molecule has 29 heavy (non-hydrogen) atoms. The molecule has 2 N–H and O–H groups in total. The number of esters is 1. The molecule has 0 unspecified atom stereocenters. The number of hydrogen-bond acceptors (Lipinski definition) is 6. The zero-order valence-corrected chi connectivity index (χ0v) is 17.3. The third kappa shape index (κ3) is 4.90. The molecule has 1 heterocycles. The van der Waals surface area contributed by atoms with Gasteiger partial charge in [0.1, 0.15) is 10.8 Å². The molecule has 3 rings (SSSR count). The molecular formula is C20H25N3O5S. The summed E-state index contributed by atoms with van der Waals surface area (Å²) in [6.07, 6.45) is 2.77. The van der Waals surface area contributed by atoms with E-state index < -0.39 is 41.2 Å². The van der Waals surface area contributed by atoms with Crippen molar-refractivity contribution < 1.29 is 23.9 Å². The predicted molar refractivity (Wildman–Crippen MR) is 107 cm³/mol. The van der Waals surface area contributed by atoms with Crippen molar-refractivity contribution in [1.29, 1.82) is 0 Å². The number of hydrazine groups is 1. The lowest BCUT2D eigenvalue weighted by Crippen LogP contribution is -2.52. The summed E-state index contributed by atoms with van der Waals surface area (Å²) < 4.78 is 5.03. The van der Waals surface area contributed by atoms with Crippen molar-refractivity contribution in [1.82, 2.24) is 15.8 Å². The van der Waals surface area contributed by atoms with E-state index in [1.807, 2.05) is 30.3 Å². The van der Waals surface area contributed by atoms with Gasteiger partial charge in [-0.3, -0.25) is 19.8 Å². The van der Waals surface area contributed by atoms with Crippen LogP contribution in [0.2, 0.25) is 0 Å². The molecule has 4 amide bonds. The molecule has 9 heteroatoms. The maximum atomic E-state index is 12.7. The van der Waals surface area contributed by atoms with Crippen LogP contribution in [0.25, 0.3) is 0 Å². The summed E-state index contributed by atoms with van der Waals surface area (Å²) in [6.45, 7) is 3.22. The molecule has 8 nitrogen and oxygen atoms in total. The normalized spacial score (nSPS) is 24.9. The van der Waals surface area contributed by atoms with Gasteiger partial charge in [-0.15, -0.1) is 11.8 Å². The number of carbonyl (C=O) groups excluding carboxylic acids is 4. The van der Waals surface area contributed by atoms with Gasteiger partial charge in [-0.1, -0.05) is 25.1 Å². The van der Waals surface area contributed by atoms with Crippen LogP contribution in [0.15, 0.2) is 35.2 Å². The Morgan fingerprint density at radius 2 is 1.93 bits per heavy atom. The molecule has 1 aromatic carbocycles. The number of carbonyl (C=O) groups is 4. The summed E-state index contributed by atoms with van der Waals surface area (Å²) in [4.78, 5) is 50.0. The van der Waals surface area contributed by atoms with Crippen molar-refractivity contribution >= 4 is 35.6 Å². The van der Waals surface area contributed by atoms with Gasteiger partial charge in [-0.05, 0) is 50.7 Å². The van der Waals surface area contributed by atoms with Crippen LogP contribution in [0, 0.1) is 5.92 Å². The zero-order valence-electron chi connectivity index (χ0n) is 16.5. The number of imide groups is 1. The smallest absolute Gasteiger partial charge is 0.344 e. The number of hydrogen-bond donors (Lipinski definition) is 2. The Balaban J connectivity index is 1.48. The molecule has 1 atom stereocenters. The van der Waals surface area contributed by atoms with E-state index in [9.17, 15) is 19.2 Å². The van der Waals surface area contributed by atoms with E-state index >= 15 is 0 Å². The monoisotopic (exact) mass is 419 g/mol. The first kappa shape index (κ1) is 21.2. The SMILES string of the molecule is CC1CCC2(CC1)NC(=O)N(NC(=O)COC(=O)[C@@H](C)Sc1ccccc1)C2=O. The fourth-order valence-corrected chi connectivity index (χ4v) is 4.36. The average Bonchev–Trinajstić information content (AvgIpc) is 2.93. The van der Waals surface area contributed by atoms with Crippen LogP contribution >= 0.6 is 11.8 Å². The summed E-state index contributed by atoms with van der Waals surface area (Å²) in [5.41, 5.74) is 1.32. The Morgan fingerprint density at radius 1 is 1.28 bits per heavy atom. The molecule has 1 aromatic rings. The van der Waals surface area contributed by atoms with Crippen LogP contribution in [0.3, 0.4) is 0 Å². The molecule has 156 valence electrons. The van der Waals surface area contributed by atoms with E-state index in [4.69, 9.17) is 4.74 Å². The van der Waals surface area contributed by atoms with Gasteiger partial charge in [-0.25, -0.2) is 4.79 Å². The highest BCUT2D eigenvalue weighted by Gasteiger charge is 2.52. The number of nitrogens with zero attached hydrogens (tertiary/aromatic N) is 1. The topological polar surface area (TPSA) is 105 Å². The van der Waals surface area contributed by atoms with E-state index in [0.717, 1.165) is 17.7 Å². The van der Waals surface area contributed by atoms with E-state index in [1.165, 1.54) is 11.8 Å². The maximum Gasteiger partial charge on any atom is 0.344 e. The Labute approximate surface area is 173 Å². The van der Waals surface area contributed by atoms with Crippen LogP contribution in [0.5, 0.6) is 0 Å². The van der Waals surface area contributed by atoms with E-state index in [2.05, 4.69) is 17.7 Å². The maximum absolute atomic E-state index is 12.7. The van der Waals surface area contributed by atoms with Gasteiger partial charge in [0.05, 0.1) is 0 Å². The average molecular weight is 420 g/mol. The number of urea groups is 1. The molecule has 0 radical (unpaired) electrons. The van der Waals surface area contributed by atoms with E-state index in [0.29, 0.717) is 23.8 Å². The molecule has 2 fully saturated rings. The minimum Gasteiger partial charge on any atom is -0.455 e. The quantitative estimate of drug-likeness (QED) is 0.416. The van der Waals surface area contributed by atoms with Crippen LogP contribution < -0.4 is 10.7 Å². The third-order valence-corrected chi connectivity index (χ3v) is 6.35. The van der Waals surface area contributed by atoms with Crippen LogP contribution in [0.1, 0.15) is 39.5 Å². The molecule has 2 aliphatic rings. The van der Waals surface area contributed by atoms with Gasteiger partial charge in [0, 0.05) is 4.90 Å². The minimum atomic E-state index is -0.936. The van der Waals surface area contributed by atoms with Crippen LogP contribution in [0.4, 0.5) is 4.79 Å². The van der Waals surface area contributed by atoms with Gasteiger partial charge in [0.25, 0.3) is 11.8 Å². The zero-order chi connectivity index (χ0) is 21.0. The Hall–Kier alpha value is -2.55. The highest BCUT2D eigenvalue weighted by molar-refractivity contribution is 8.00. The van der Waals surface area contributed by atoms with E-state index in [1.54, 1.807) is 6.92 Å². The van der Waals surface area contributed by atoms with Crippen molar-refractivity contribution in [3.8, 4) is 0 Å². The van der Waals surface area contributed by atoms with Crippen molar-refractivity contribution in [3.05, 3.63) is 30.3 Å². The minimum absolute atomic E-state index is 0.456. The summed E-state index contributed by atoms with van der Waals surface area (Å²) in [5, 5.41) is 2.91. The van der Waals surface area contributed by atoms with Gasteiger partial charge in [-0.2, -0.15) is 5.01 Å². The Kier molecular flexibility index (Phi) is 6.46. The summed E-state index contributed by atoms with van der Waals surface area (Å²) in [5.74, 6) is -1.24. The van der Waals surface area contributed by atoms with Crippen molar-refractivity contribution in [2.75, 3.05) is 6.61 Å². The molecule has 1 saturated heterocycles. The Bertz CT molecular complexity index is 793. The summed E-state index contributed by atoms with van der Waals surface area (Å²) in [7, 11) is 0. The second-order valence-corrected chi connectivity index (χ2v) is 8.97. The fourth-order valence-electron chi connectivity index (χ4n) is 3.48. The number of thioether (sulfide) groups is 1. The van der Waals surface area contributed by atoms with Gasteiger partial charge in [0.15, 0.2) is 6.61 Å². The molecule has 1 saturated carbocycles. The van der Waals surface area contributed by atoms with Crippen molar-refractivity contribution in [2.24, 2.45) is 5.92 Å². The van der Waals surface area contributed by atoms with Gasteiger partial charge < -0.3 is 10.1 Å². The Morgan fingerprint density at radius 3 is 2.59 bits per heavy atom. The highest BCUT2D eigenvalue weighted by atomic mass is 32.2. The lowest BCUT2D eigenvalue weighted by atomic mass is 9.77. The molecule has 1 aliphatic heterocycles. The second kappa shape index (κ2) is 8.86. The molecule has 1 spiro atoms. The number of rotatable bonds is 6. The number of benzene rings is 1. The van der Waals surface area contributed by atoms with E-state index in [-0.39, 0.29) is 0 Å². The fraction of sp³-hybridized carbons (Fsp3) is 0.500. The largest absolute Gasteiger partial charge is 0.455 e. The second-order valence-electron chi connectivity index (χ2n) is 7.55. The highest BCUT2D eigenvalue weighted by Crippen LogP contribution is 2.35. The van der Waals surface area contributed by atoms with Crippen molar-refractivity contribution in [3.63, 3.8) is 0 Å².